The number of carbonyl (C=O) groups excluding carboxylic acids is 20. The first-order chi connectivity index (χ1) is 67.8. The Morgan fingerprint density at radius 2 is 0.604 bits per heavy atom. The average molecular weight is 2070 g/mol. The third-order valence-electron chi connectivity index (χ3n) is 23.0. The quantitative estimate of drug-likeness (QED) is 0.0216. The molecule has 2 aromatic carbocycles. The maximum atomic E-state index is 14.7. The van der Waals surface area contributed by atoms with E-state index in [2.05, 4.69) is 132 Å². The number of amides is 20. The summed E-state index contributed by atoms with van der Waals surface area (Å²) < 4.78 is 0. The van der Waals surface area contributed by atoms with Crippen LogP contribution in [0.4, 0.5) is 0 Å². The molecule has 20 atom stereocenters. The third-order valence-corrected chi connectivity index (χ3v) is 23.8. The normalized spacial score (nSPS) is 15.4. The monoisotopic (exact) mass is 2070 g/mol. The number of hydrogen-bond acceptors (Lipinski definition) is 29. The van der Waals surface area contributed by atoms with Crippen molar-refractivity contribution >= 4 is 149 Å². The van der Waals surface area contributed by atoms with Crippen molar-refractivity contribution in [2.24, 2.45) is 52.7 Å². The van der Waals surface area contributed by atoms with Crippen LogP contribution < -0.4 is 124 Å². The first kappa shape index (κ1) is 128. The summed E-state index contributed by atoms with van der Waals surface area (Å²) in [4.78, 5) is 287. The number of carbonyl (C=O) groups is 21. The van der Waals surface area contributed by atoms with Gasteiger partial charge in [-0.2, -0.15) is 25.3 Å². The molecule has 0 aliphatic heterocycles. The highest BCUT2D eigenvalue weighted by atomic mass is 32.1. The molecule has 0 radical (unpaired) electrons. The number of benzene rings is 2. The molecule has 144 heavy (non-hydrogen) atoms. The lowest BCUT2D eigenvalue weighted by Gasteiger charge is -2.30. The second-order valence-electron chi connectivity index (χ2n) is 36.9. The molecule has 48 nitrogen and oxygen atoms in total. The van der Waals surface area contributed by atoms with Crippen LogP contribution in [-0.2, 0) is 114 Å². The van der Waals surface area contributed by atoms with Crippen LogP contribution in [0.25, 0.3) is 0 Å². The maximum absolute atomic E-state index is 14.7. The van der Waals surface area contributed by atoms with Crippen molar-refractivity contribution in [2.75, 3.05) is 63.9 Å². The minimum Gasteiger partial charge on any atom is -0.480 e. The second kappa shape index (κ2) is 67.4. The summed E-state index contributed by atoms with van der Waals surface area (Å²) >= 11 is 8.17. The van der Waals surface area contributed by atoms with Gasteiger partial charge in [0, 0.05) is 24.3 Å². The van der Waals surface area contributed by atoms with Gasteiger partial charge in [0.2, 0.25) is 118 Å². The highest BCUT2D eigenvalue weighted by Crippen LogP contribution is 2.18. The predicted octanol–water partition coefficient (Wildman–Crippen LogP) is -6.88. The Labute approximate surface area is 850 Å². The van der Waals surface area contributed by atoms with Gasteiger partial charge < -0.3 is 144 Å². The topological polar surface area (TPSA) is 758 Å². The minimum atomic E-state index is -1.86. The summed E-state index contributed by atoms with van der Waals surface area (Å²) in [5.41, 5.74) is 18.2. The van der Waals surface area contributed by atoms with Gasteiger partial charge in [-0.15, -0.1) is 0 Å². The third kappa shape index (κ3) is 47.1. The molecule has 0 fully saturated rings. The van der Waals surface area contributed by atoms with Crippen LogP contribution in [0.15, 0.2) is 60.7 Å². The van der Waals surface area contributed by atoms with Gasteiger partial charge in [-0.1, -0.05) is 157 Å². The zero-order valence-electron chi connectivity index (χ0n) is 84.7. The van der Waals surface area contributed by atoms with E-state index in [0.717, 1.165) is 6.92 Å². The van der Waals surface area contributed by atoms with Gasteiger partial charge in [0.05, 0.1) is 51.5 Å². The number of unbranched alkanes of at least 4 members (excludes halogenated alkanes) is 2. The average Bonchev–Trinajstić information content (AvgIpc) is 0.839. The molecule has 20 amide bonds. The van der Waals surface area contributed by atoms with Crippen molar-refractivity contribution in [1.29, 1.82) is 0 Å². The zero-order valence-corrected chi connectivity index (χ0v) is 86.5. The number of thiol groups is 2. The van der Waals surface area contributed by atoms with Crippen LogP contribution in [0.2, 0.25) is 0 Å². The Morgan fingerprint density at radius 3 is 0.979 bits per heavy atom. The van der Waals surface area contributed by atoms with Crippen molar-refractivity contribution in [3.63, 3.8) is 0 Å². The van der Waals surface area contributed by atoms with E-state index in [4.69, 9.17) is 17.2 Å². The number of nitrogens with one attached hydrogen (secondary N) is 20. The zero-order chi connectivity index (χ0) is 109. The molecule has 0 heterocycles. The number of aliphatic hydroxyl groups is 3. The summed E-state index contributed by atoms with van der Waals surface area (Å²) in [5, 5.41) is 91.1. The molecule has 0 aliphatic carbocycles. The fourth-order valence-corrected chi connectivity index (χ4v) is 14.8. The Hall–Kier alpha value is -12.2. The van der Waals surface area contributed by atoms with Crippen molar-refractivity contribution in [2.45, 2.75) is 290 Å². The van der Waals surface area contributed by atoms with Crippen LogP contribution in [-0.4, -0.2) is 317 Å². The number of hydrogen-bond donors (Lipinski definition) is 29. The van der Waals surface area contributed by atoms with Gasteiger partial charge in [-0.05, 0) is 132 Å². The number of carboxylic acid groups (broad SMARTS) is 1. The molecular formula is C94H155N23O25S2. The molecule has 808 valence electrons. The SMILES string of the molecule is CC[C@H](C)[C@H](NC(=O)CN)C(=O)N[C@@H](Cc1ccccc1)C(=O)N[C@@H](CO)C(=O)N[C@H](C(=O)N[C@H](C(=O)N[C@@H](Cc1ccccc1)C(=O)N[C@@H](CCCCN)C(=O)N[C@@H](C)C(=O)NCC(=O)N[C@@H](CCCCN)C(=O)NCC(=O)N[C@H](C(=O)N[C@H](C(=O)N[C@@H](CS)C(=O)NCC(=O)N[C@@H](CC(C)C)C(=O)N[C@H](C(=O)NCC(=O)N[C@@H](CC(C)C)C(=O)N[C@@H](CS)C(=O)O)[C@@H](C)O)C(C)C)[C@@H](C)CC)C(C)C)[C@@H](C)O. The largest absolute Gasteiger partial charge is 0.480 e. The number of aliphatic carboxylic acids is 1. The lowest BCUT2D eigenvalue weighted by Crippen LogP contribution is -2.63. The molecular weight excluding hydrogens is 1920 g/mol. The van der Waals surface area contributed by atoms with Crippen LogP contribution in [0.3, 0.4) is 0 Å². The fraction of sp³-hybridized carbons (Fsp3) is 0.649. The molecule has 2 rings (SSSR count). The van der Waals surface area contributed by atoms with Gasteiger partial charge in [0.15, 0.2) is 0 Å². The molecule has 0 aliphatic rings. The second-order valence-corrected chi connectivity index (χ2v) is 37.6. The summed E-state index contributed by atoms with van der Waals surface area (Å²) in [6, 6.07) is -6.37. The van der Waals surface area contributed by atoms with Crippen molar-refractivity contribution in [3.8, 4) is 0 Å². The Balaban J connectivity index is 2.24. The van der Waals surface area contributed by atoms with Crippen molar-refractivity contribution in [1.82, 2.24) is 106 Å². The smallest absolute Gasteiger partial charge is 0.327 e. The standard InChI is InChI=1S/C94H155N23O25S2/c1-16-52(11)75(112-68(121)40-97)91(138)108-64(39-58-30-22-19-23-31-58)85(132)109-65(45-118)87(134)117-78(56(15)120)93(140)115-73(50(7)8)89(136)107-63(38-57-28-20-18-21-29-57)84(131)106-60(33-25-27-35-96)82(129)102-54(13)79(126)98-41-69(122)103-59(32-24-26-34-95)80(127)99-44-72(125)113-76(53(12)17-2)92(139)114-74(51(9)10)90(137)110-66(46-143)81(128)100-42-70(123)105-62(37-49(5)6)86(133)116-77(55(14)119)88(135)101-43-71(124)104-61(36-48(3)4)83(130)111-67(47-144)94(141)142/h18-23,28-31,48-56,59-67,73-78,118-120,143-144H,16-17,24-27,32-47,95-97H2,1-15H3,(H,98,126)(H,99,127)(H,100,128)(H,101,135)(H,102,129)(H,103,122)(H,104,124)(H,105,123)(H,106,131)(H,107,136)(H,108,138)(H,109,132)(H,110,137)(H,111,130)(H,112,121)(H,113,125)(H,114,139)(H,115,140)(H,116,133)(H,117,134)(H,141,142)/t52-,53-,54-,55+,56+,59-,60-,61-,62-,63-,64-,65-,66-,67-,73-,74-,75-,76-,77-,78-/m0/s1. The first-order valence-electron chi connectivity index (χ1n) is 48.4. The van der Waals surface area contributed by atoms with Gasteiger partial charge >= 0.3 is 5.97 Å². The lowest BCUT2D eigenvalue weighted by atomic mass is 9.96. The van der Waals surface area contributed by atoms with Crippen LogP contribution in [0, 0.1) is 35.5 Å². The van der Waals surface area contributed by atoms with Gasteiger partial charge in [-0.3, -0.25) is 95.9 Å². The highest BCUT2D eigenvalue weighted by molar-refractivity contribution is 7.80. The molecule has 2 aromatic rings. The highest BCUT2D eigenvalue weighted by Gasteiger charge is 2.41. The number of carboxylic acids is 1. The van der Waals surface area contributed by atoms with E-state index in [1.807, 2.05) is 0 Å². The van der Waals surface area contributed by atoms with Crippen LogP contribution in [0.1, 0.15) is 179 Å². The minimum absolute atomic E-state index is 0.0216. The predicted molar refractivity (Wildman–Crippen MR) is 537 cm³/mol. The summed E-state index contributed by atoms with van der Waals surface area (Å²) in [6.07, 6.45) is -1.60. The van der Waals surface area contributed by atoms with E-state index in [9.17, 15) is 121 Å². The molecule has 0 saturated heterocycles. The molecule has 30 N–H and O–H groups in total. The van der Waals surface area contributed by atoms with E-state index in [1.165, 1.54) is 13.8 Å². The maximum Gasteiger partial charge on any atom is 0.327 e. The lowest BCUT2D eigenvalue weighted by molar-refractivity contribution is -0.141. The van der Waals surface area contributed by atoms with E-state index in [0.29, 0.717) is 36.8 Å². The Bertz CT molecular complexity index is 4550. The molecule has 0 spiro atoms. The summed E-state index contributed by atoms with van der Waals surface area (Å²) in [5.74, 6) is -23.1. The van der Waals surface area contributed by atoms with E-state index in [1.54, 1.807) is 144 Å². The van der Waals surface area contributed by atoms with E-state index in [-0.39, 0.29) is 87.8 Å². The molecule has 0 unspecified atom stereocenters. The van der Waals surface area contributed by atoms with Crippen molar-refractivity contribution < 1.29 is 121 Å². The van der Waals surface area contributed by atoms with E-state index < -0.39 is 296 Å². The van der Waals surface area contributed by atoms with Gasteiger partial charge in [-0.25, -0.2) is 4.79 Å². The number of rotatable bonds is 68. The van der Waals surface area contributed by atoms with E-state index >= 15 is 0 Å². The fourth-order valence-electron chi connectivity index (χ4n) is 14.3. The molecule has 50 heteroatoms. The first-order valence-corrected chi connectivity index (χ1v) is 49.6. The molecule has 0 bridgehead atoms. The summed E-state index contributed by atoms with van der Waals surface area (Å²) in [7, 11) is 0. The number of nitrogens with two attached hydrogens (primary N) is 3. The summed E-state index contributed by atoms with van der Waals surface area (Å²) in [6.45, 7) is 19.4. The Kier molecular flexibility index (Phi) is 59.8. The Morgan fingerprint density at radius 1 is 0.306 bits per heavy atom. The van der Waals surface area contributed by atoms with Crippen LogP contribution in [0.5, 0.6) is 0 Å². The molecule has 0 aromatic heterocycles. The number of aliphatic hydroxyl groups excluding tert-OH is 3. The molecule has 0 saturated carbocycles. The van der Waals surface area contributed by atoms with Gasteiger partial charge in [0.1, 0.15) is 96.7 Å². The van der Waals surface area contributed by atoms with Gasteiger partial charge in [0.25, 0.3) is 0 Å². The van der Waals surface area contributed by atoms with Crippen LogP contribution >= 0.6 is 25.3 Å². The van der Waals surface area contributed by atoms with Crippen molar-refractivity contribution in [3.05, 3.63) is 71.8 Å².